The van der Waals surface area contributed by atoms with E-state index in [0.29, 0.717) is 5.56 Å². The van der Waals surface area contributed by atoms with Gasteiger partial charge in [-0.2, -0.15) is 13.2 Å². The van der Waals surface area contributed by atoms with Crippen LogP contribution in [0.3, 0.4) is 0 Å². The highest BCUT2D eigenvalue weighted by atomic mass is 19.4. The van der Waals surface area contributed by atoms with Crippen molar-refractivity contribution in [3.63, 3.8) is 0 Å². The Morgan fingerprint density at radius 2 is 1.80 bits per heavy atom. The molecule has 2 N–H and O–H groups in total. The number of aliphatic hydroxyl groups is 1. The van der Waals surface area contributed by atoms with E-state index in [0.717, 1.165) is 12.1 Å². The molecule has 0 saturated heterocycles. The van der Waals surface area contributed by atoms with Crippen LogP contribution in [-0.2, 0) is 11.0 Å². The van der Waals surface area contributed by atoms with Gasteiger partial charge in [-0.25, -0.2) is 0 Å². The number of benzene rings is 1. The van der Waals surface area contributed by atoms with Crippen molar-refractivity contribution in [3.05, 3.63) is 35.4 Å². The molecule has 0 aliphatic carbocycles. The van der Waals surface area contributed by atoms with Crippen molar-refractivity contribution in [2.24, 2.45) is 0 Å². The van der Waals surface area contributed by atoms with Gasteiger partial charge in [-0.05, 0) is 30.5 Å². The zero-order valence-electron chi connectivity index (χ0n) is 11.4. The number of carbonyl (C=O) groups excluding carboxylic acids is 1. The molecule has 0 aliphatic heterocycles. The molecule has 0 spiro atoms. The Bertz CT molecular complexity index is 443. The van der Waals surface area contributed by atoms with Crippen LogP contribution in [0.5, 0.6) is 0 Å². The molecule has 0 fully saturated rings. The number of nitrogens with one attached hydrogen (secondary N) is 1. The lowest BCUT2D eigenvalue weighted by atomic mass is 9.96. The van der Waals surface area contributed by atoms with Gasteiger partial charge in [0.1, 0.15) is 0 Å². The van der Waals surface area contributed by atoms with Crippen LogP contribution in [0.4, 0.5) is 13.2 Å². The molecule has 1 aromatic rings. The van der Waals surface area contributed by atoms with Crippen molar-refractivity contribution in [1.82, 2.24) is 5.32 Å². The second-order valence-corrected chi connectivity index (χ2v) is 4.88. The number of amides is 1. The zero-order valence-corrected chi connectivity index (χ0v) is 11.4. The third-order valence-corrected chi connectivity index (χ3v) is 2.98. The van der Waals surface area contributed by atoms with E-state index in [4.69, 9.17) is 5.11 Å². The van der Waals surface area contributed by atoms with Gasteiger partial charge in [-0.15, -0.1) is 0 Å². The van der Waals surface area contributed by atoms with E-state index in [1.54, 1.807) is 13.8 Å². The Hall–Kier alpha value is -1.56. The standard InChI is InChI=1S/C14H18F3NO2/c1-9(7-13(20)18-10(2)8-19)11-3-5-12(6-4-11)14(15,16)17/h3-6,9-10,19H,7-8H2,1-2H3,(H,18,20). The third kappa shape index (κ3) is 4.85. The lowest BCUT2D eigenvalue weighted by Crippen LogP contribution is -2.35. The highest BCUT2D eigenvalue weighted by Gasteiger charge is 2.30. The van der Waals surface area contributed by atoms with Crippen molar-refractivity contribution in [2.75, 3.05) is 6.61 Å². The second kappa shape index (κ2) is 6.74. The second-order valence-electron chi connectivity index (χ2n) is 4.88. The van der Waals surface area contributed by atoms with Crippen LogP contribution >= 0.6 is 0 Å². The molecule has 2 unspecified atom stereocenters. The van der Waals surface area contributed by atoms with Crippen molar-refractivity contribution >= 4 is 5.91 Å². The fraction of sp³-hybridized carbons (Fsp3) is 0.500. The first-order valence-corrected chi connectivity index (χ1v) is 6.31. The first kappa shape index (κ1) is 16.5. The van der Waals surface area contributed by atoms with E-state index < -0.39 is 11.7 Å². The molecule has 6 heteroatoms. The summed E-state index contributed by atoms with van der Waals surface area (Å²) in [5, 5.41) is 11.4. The molecular weight excluding hydrogens is 271 g/mol. The quantitative estimate of drug-likeness (QED) is 0.875. The molecule has 1 amide bonds. The molecule has 112 valence electrons. The fourth-order valence-electron chi connectivity index (χ4n) is 1.78. The zero-order chi connectivity index (χ0) is 15.3. The van der Waals surface area contributed by atoms with Crippen LogP contribution in [-0.4, -0.2) is 23.7 Å². The maximum absolute atomic E-state index is 12.4. The van der Waals surface area contributed by atoms with Crippen LogP contribution in [0, 0.1) is 0 Å². The predicted octanol–water partition coefficient (Wildman–Crippen LogP) is 2.70. The Morgan fingerprint density at radius 1 is 1.25 bits per heavy atom. The van der Waals surface area contributed by atoms with Gasteiger partial charge in [0.2, 0.25) is 5.91 Å². The summed E-state index contributed by atoms with van der Waals surface area (Å²) in [6.45, 7) is 3.28. The lowest BCUT2D eigenvalue weighted by Gasteiger charge is -2.15. The maximum Gasteiger partial charge on any atom is 0.416 e. The molecule has 0 bridgehead atoms. The minimum atomic E-state index is -4.35. The number of hydrogen-bond donors (Lipinski definition) is 2. The molecule has 1 rings (SSSR count). The van der Waals surface area contributed by atoms with Crippen molar-refractivity contribution < 1.29 is 23.1 Å². The monoisotopic (exact) mass is 289 g/mol. The number of aliphatic hydroxyl groups excluding tert-OH is 1. The average molecular weight is 289 g/mol. The van der Waals surface area contributed by atoms with Gasteiger partial charge in [0.15, 0.2) is 0 Å². The summed E-state index contributed by atoms with van der Waals surface area (Å²) >= 11 is 0. The highest BCUT2D eigenvalue weighted by molar-refractivity contribution is 5.77. The molecule has 0 radical (unpaired) electrons. The van der Waals surface area contributed by atoms with Crippen LogP contribution in [0.15, 0.2) is 24.3 Å². The summed E-state index contributed by atoms with van der Waals surface area (Å²) in [7, 11) is 0. The molecule has 1 aromatic carbocycles. The van der Waals surface area contributed by atoms with Gasteiger partial charge in [-0.3, -0.25) is 4.79 Å². The first-order chi connectivity index (χ1) is 9.24. The van der Waals surface area contributed by atoms with E-state index in [9.17, 15) is 18.0 Å². The van der Waals surface area contributed by atoms with Crippen molar-refractivity contribution in [2.45, 2.75) is 38.4 Å². The maximum atomic E-state index is 12.4. The van der Waals surface area contributed by atoms with Crippen LogP contribution in [0.2, 0.25) is 0 Å². The fourth-order valence-corrected chi connectivity index (χ4v) is 1.78. The number of rotatable bonds is 5. The Kier molecular flexibility index (Phi) is 5.56. The van der Waals surface area contributed by atoms with Gasteiger partial charge in [0.05, 0.1) is 12.2 Å². The van der Waals surface area contributed by atoms with Crippen LogP contribution in [0.25, 0.3) is 0 Å². The normalized spacial score (nSPS) is 14.7. The minimum Gasteiger partial charge on any atom is -0.394 e. The van der Waals surface area contributed by atoms with Crippen molar-refractivity contribution in [3.8, 4) is 0 Å². The molecule has 0 aromatic heterocycles. The topological polar surface area (TPSA) is 49.3 Å². The van der Waals surface area contributed by atoms with Crippen molar-refractivity contribution in [1.29, 1.82) is 0 Å². The summed E-state index contributed by atoms with van der Waals surface area (Å²) in [5.41, 5.74) is -0.0309. The Morgan fingerprint density at radius 3 is 2.25 bits per heavy atom. The van der Waals surface area contributed by atoms with Crippen LogP contribution in [0.1, 0.15) is 37.3 Å². The SMILES string of the molecule is CC(CO)NC(=O)CC(C)c1ccc(C(F)(F)F)cc1. The summed E-state index contributed by atoms with van der Waals surface area (Å²) in [5.74, 6) is -0.429. The largest absolute Gasteiger partial charge is 0.416 e. The van der Waals surface area contributed by atoms with Gasteiger partial charge in [0, 0.05) is 12.5 Å². The summed E-state index contributed by atoms with van der Waals surface area (Å²) in [6.07, 6.45) is -4.19. The number of hydrogen-bond acceptors (Lipinski definition) is 2. The molecule has 20 heavy (non-hydrogen) atoms. The van der Waals surface area contributed by atoms with E-state index in [1.165, 1.54) is 12.1 Å². The van der Waals surface area contributed by atoms with Gasteiger partial charge in [-0.1, -0.05) is 19.1 Å². The van der Waals surface area contributed by atoms with E-state index in [1.807, 2.05) is 0 Å². The summed E-state index contributed by atoms with van der Waals surface area (Å²) in [4.78, 5) is 11.6. The van der Waals surface area contributed by atoms with Gasteiger partial charge in [0.25, 0.3) is 0 Å². The first-order valence-electron chi connectivity index (χ1n) is 6.31. The Labute approximate surface area is 115 Å². The summed E-state index contributed by atoms with van der Waals surface area (Å²) < 4.78 is 37.3. The predicted molar refractivity (Wildman–Crippen MR) is 69.2 cm³/mol. The van der Waals surface area contributed by atoms with E-state index in [2.05, 4.69) is 5.32 Å². The molecular formula is C14H18F3NO2. The number of carbonyl (C=O) groups is 1. The Balaban J connectivity index is 2.64. The van der Waals surface area contributed by atoms with Gasteiger partial charge < -0.3 is 10.4 Å². The van der Waals surface area contributed by atoms with E-state index >= 15 is 0 Å². The number of halogens is 3. The third-order valence-electron chi connectivity index (χ3n) is 2.98. The molecule has 0 heterocycles. The molecule has 2 atom stereocenters. The average Bonchev–Trinajstić information content (AvgIpc) is 2.37. The lowest BCUT2D eigenvalue weighted by molar-refractivity contribution is -0.137. The van der Waals surface area contributed by atoms with Gasteiger partial charge >= 0.3 is 6.18 Å². The van der Waals surface area contributed by atoms with E-state index in [-0.39, 0.29) is 30.9 Å². The summed E-state index contributed by atoms with van der Waals surface area (Å²) in [6, 6.07) is 4.47. The number of alkyl halides is 3. The minimum absolute atomic E-state index is 0.152. The van der Waals surface area contributed by atoms with Crippen LogP contribution < -0.4 is 5.32 Å². The molecule has 3 nitrogen and oxygen atoms in total. The molecule has 0 saturated carbocycles. The highest BCUT2D eigenvalue weighted by Crippen LogP contribution is 2.30. The smallest absolute Gasteiger partial charge is 0.394 e. The molecule has 0 aliphatic rings.